The zero-order valence-corrected chi connectivity index (χ0v) is 10.3. The minimum Gasteiger partial charge on any atom is -0.396 e. The first-order valence-electron chi connectivity index (χ1n) is 5.60. The summed E-state index contributed by atoms with van der Waals surface area (Å²) < 4.78 is 0. The van der Waals surface area contributed by atoms with E-state index in [0.717, 1.165) is 0 Å². The zero-order chi connectivity index (χ0) is 12.9. The minimum atomic E-state index is -0.424. The Morgan fingerprint density at radius 1 is 1.47 bits per heavy atom. The quantitative estimate of drug-likeness (QED) is 0.764. The number of rotatable bonds is 5. The highest BCUT2D eigenvalue weighted by Gasteiger charge is 2.27. The molecule has 0 aliphatic heterocycles. The van der Waals surface area contributed by atoms with E-state index in [1.807, 2.05) is 32.0 Å². The lowest BCUT2D eigenvalue weighted by Gasteiger charge is -2.30. The average Bonchev–Trinajstić information content (AvgIpc) is 2.36. The number of aliphatic hydroxyl groups is 1. The molecule has 0 aliphatic carbocycles. The topological polar surface area (TPSA) is 49.3 Å². The zero-order valence-electron chi connectivity index (χ0n) is 10.3. The van der Waals surface area contributed by atoms with E-state index in [9.17, 15) is 9.90 Å². The van der Waals surface area contributed by atoms with Gasteiger partial charge in [-0.25, -0.2) is 0 Å². The van der Waals surface area contributed by atoms with E-state index >= 15 is 0 Å². The summed E-state index contributed by atoms with van der Waals surface area (Å²) in [5, 5.41) is 12.1. The summed E-state index contributed by atoms with van der Waals surface area (Å²) in [4.78, 5) is 11.9. The molecule has 0 saturated carbocycles. The van der Waals surface area contributed by atoms with E-state index in [1.165, 1.54) is 0 Å². The fourth-order valence-electron chi connectivity index (χ4n) is 1.49. The van der Waals surface area contributed by atoms with Crippen molar-refractivity contribution in [1.29, 1.82) is 0 Å². The molecule has 0 aromatic heterocycles. The van der Waals surface area contributed by atoms with Gasteiger partial charge in [-0.05, 0) is 12.1 Å². The molecule has 0 fully saturated rings. The van der Waals surface area contributed by atoms with Crippen molar-refractivity contribution in [1.82, 2.24) is 5.32 Å². The molecule has 3 heteroatoms. The summed E-state index contributed by atoms with van der Waals surface area (Å²) >= 11 is 0. The third-order valence-electron chi connectivity index (χ3n) is 2.81. The highest BCUT2D eigenvalue weighted by molar-refractivity contribution is 5.94. The van der Waals surface area contributed by atoms with Gasteiger partial charge in [-0.15, -0.1) is 6.58 Å². The van der Waals surface area contributed by atoms with Crippen LogP contribution in [0.3, 0.4) is 0 Å². The maximum atomic E-state index is 11.9. The molecule has 0 bridgehead atoms. The van der Waals surface area contributed by atoms with E-state index in [2.05, 4.69) is 11.9 Å². The van der Waals surface area contributed by atoms with Crippen LogP contribution in [0, 0.1) is 5.41 Å². The van der Waals surface area contributed by atoms with Crippen LogP contribution >= 0.6 is 0 Å². The van der Waals surface area contributed by atoms with Crippen LogP contribution in [0.1, 0.15) is 24.2 Å². The smallest absolute Gasteiger partial charge is 0.251 e. The molecular weight excluding hydrogens is 214 g/mol. The number of hydrogen-bond acceptors (Lipinski definition) is 2. The number of carbonyl (C=O) groups is 1. The van der Waals surface area contributed by atoms with Gasteiger partial charge in [-0.2, -0.15) is 0 Å². The molecule has 0 spiro atoms. The first kappa shape index (κ1) is 13.5. The van der Waals surface area contributed by atoms with Gasteiger partial charge in [0.2, 0.25) is 0 Å². The van der Waals surface area contributed by atoms with E-state index in [1.54, 1.807) is 18.2 Å². The predicted molar refractivity (Wildman–Crippen MR) is 68.8 cm³/mol. The summed E-state index contributed by atoms with van der Waals surface area (Å²) in [7, 11) is 0. The second-order valence-corrected chi connectivity index (χ2v) is 4.70. The van der Waals surface area contributed by atoms with Gasteiger partial charge in [0.25, 0.3) is 5.91 Å². The van der Waals surface area contributed by atoms with Gasteiger partial charge in [-0.3, -0.25) is 4.79 Å². The molecule has 1 amide bonds. The summed E-state index contributed by atoms with van der Waals surface area (Å²) in [6, 6.07) is 8.73. The van der Waals surface area contributed by atoms with Crippen LogP contribution in [-0.2, 0) is 0 Å². The first-order chi connectivity index (χ1) is 8.01. The highest BCUT2D eigenvalue weighted by atomic mass is 16.3. The lowest BCUT2D eigenvalue weighted by molar-refractivity contribution is 0.0862. The van der Waals surface area contributed by atoms with Gasteiger partial charge in [0.15, 0.2) is 0 Å². The second kappa shape index (κ2) is 5.64. The molecule has 1 aromatic carbocycles. The lowest BCUT2D eigenvalue weighted by Crippen LogP contribution is -2.45. The fraction of sp³-hybridized carbons (Fsp3) is 0.357. The Hall–Kier alpha value is -1.61. The molecule has 3 nitrogen and oxygen atoms in total. The molecule has 92 valence electrons. The average molecular weight is 233 g/mol. The van der Waals surface area contributed by atoms with Gasteiger partial charge in [0, 0.05) is 11.0 Å². The molecule has 1 rings (SSSR count). The Kier molecular flexibility index (Phi) is 4.46. The van der Waals surface area contributed by atoms with Crippen molar-refractivity contribution < 1.29 is 9.90 Å². The molecule has 0 radical (unpaired) electrons. The lowest BCUT2D eigenvalue weighted by atomic mass is 9.85. The maximum Gasteiger partial charge on any atom is 0.251 e. The van der Waals surface area contributed by atoms with E-state index in [-0.39, 0.29) is 18.6 Å². The van der Waals surface area contributed by atoms with Crippen molar-refractivity contribution >= 4 is 5.91 Å². The van der Waals surface area contributed by atoms with Crippen LogP contribution in [0.15, 0.2) is 43.0 Å². The first-order valence-corrected chi connectivity index (χ1v) is 5.60. The number of aliphatic hydroxyl groups excluding tert-OH is 1. The molecule has 0 heterocycles. The molecule has 2 N–H and O–H groups in total. The van der Waals surface area contributed by atoms with Crippen molar-refractivity contribution in [2.75, 3.05) is 6.61 Å². The number of amides is 1. The second-order valence-electron chi connectivity index (χ2n) is 4.70. The highest BCUT2D eigenvalue weighted by Crippen LogP contribution is 2.20. The third kappa shape index (κ3) is 3.43. The van der Waals surface area contributed by atoms with Crippen molar-refractivity contribution in [3.63, 3.8) is 0 Å². The Morgan fingerprint density at radius 2 is 2.06 bits per heavy atom. The Bertz CT molecular complexity index is 384. The van der Waals surface area contributed by atoms with Gasteiger partial charge in [0.05, 0.1) is 12.6 Å². The molecular formula is C14H19NO2. The van der Waals surface area contributed by atoms with Crippen LogP contribution in [0.2, 0.25) is 0 Å². The largest absolute Gasteiger partial charge is 0.396 e. The Morgan fingerprint density at radius 3 is 2.53 bits per heavy atom. The van der Waals surface area contributed by atoms with Crippen molar-refractivity contribution in [3.8, 4) is 0 Å². The number of hydrogen-bond donors (Lipinski definition) is 2. The molecule has 0 saturated heterocycles. The van der Waals surface area contributed by atoms with Gasteiger partial charge < -0.3 is 10.4 Å². The van der Waals surface area contributed by atoms with Crippen LogP contribution in [0.5, 0.6) is 0 Å². The molecule has 17 heavy (non-hydrogen) atoms. The molecule has 1 aromatic rings. The Balaban J connectivity index is 2.77. The number of nitrogens with one attached hydrogen (secondary N) is 1. The predicted octanol–water partition coefficient (Wildman–Crippen LogP) is 1.99. The third-order valence-corrected chi connectivity index (χ3v) is 2.81. The van der Waals surface area contributed by atoms with E-state index < -0.39 is 5.41 Å². The molecule has 1 atom stereocenters. The standard InChI is InChI=1S/C14H19NO2/c1-4-12(14(2,3)10-16)15-13(17)11-8-6-5-7-9-11/h4-9,12,16H,1,10H2,2-3H3,(H,15,17). The van der Waals surface area contributed by atoms with Gasteiger partial charge in [0.1, 0.15) is 0 Å². The Labute approximate surface area is 102 Å². The number of carbonyl (C=O) groups excluding carboxylic acids is 1. The summed E-state index contributed by atoms with van der Waals surface area (Å²) in [5.74, 6) is -0.156. The molecule has 1 unspecified atom stereocenters. The number of benzene rings is 1. The van der Waals surface area contributed by atoms with E-state index in [0.29, 0.717) is 5.56 Å². The van der Waals surface area contributed by atoms with Crippen LogP contribution < -0.4 is 5.32 Å². The minimum absolute atomic E-state index is 0.0151. The van der Waals surface area contributed by atoms with E-state index in [4.69, 9.17) is 0 Å². The summed E-state index contributed by atoms with van der Waals surface area (Å²) in [5.41, 5.74) is 0.180. The summed E-state index contributed by atoms with van der Waals surface area (Å²) in [6.07, 6.45) is 1.65. The normalized spacial score (nSPS) is 12.9. The SMILES string of the molecule is C=CC(NC(=O)c1ccccc1)C(C)(C)CO. The van der Waals surface area contributed by atoms with Crippen LogP contribution in [-0.4, -0.2) is 23.7 Å². The van der Waals surface area contributed by atoms with Crippen molar-refractivity contribution in [2.24, 2.45) is 5.41 Å². The van der Waals surface area contributed by atoms with Crippen molar-refractivity contribution in [2.45, 2.75) is 19.9 Å². The fourth-order valence-corrected chi connectivity index (χ4v) is 1.49. The maximum absolute atomic E-state index is 11.9. The van der Waals surface area contributed by atoms with Crippen LogP contribution in [0.4, 0.5) is 0 Å². The summed E-state index contributed by atoms with van der Waals surface area (Å²) in [6.45, 7) is 7.44. The van der Waals surface area contributed by atoms with Crippen molar-refractivity contribution in [3.05, 3.63) is 48.6 Å². The van der Waals surface area contributed by atoms with Gasteiger partial charge >= 0.3 is 0 Å². The monoisotopic (exact) mass is 233 g/mol. The molecule has 0 aliphatic rings. The van der Waals surface area contributed by atoms with Gasteiger partial charge in [-0.1, -0.05) is 38.1 Å². The van der Waals surface area contributed by atoms with Crippen LogP contribution in [0.25, 0.3) is 0 Å².